The molecule has 0 aliphatic carbocycles. The number of ether oxygens (including phenoxy) is 1. The summed E-state index contributed by atoms with van der Waals surface area (Å²) in [7, 11) is -4.02. The molecule has 9 nitrogen and oxygen atoms in total. The zero-order valence-electron chi connectivity index (χ0n) is 15.9. The Kier molecular flexibility index (Phi) is 6.97. The van der Waals surface area contributed by atoms with Gasteiger partial charge in [-0.2, -0.15) is 8.42 Å². The van der Waals surface area contributed by atoms with Crippen LogP contribution in [-0.4, -0.2) is 36.5 Å². The van der Waals surface area contributed by atoms with E-state index in [1.54, 1.807) is 37.3 Å². The van der Waals surface area contributed by atoms with E-state index in [0.29, 0.717) is 18.0 Å². The number of carbonyl (C=O) groups excluding carboxylic acids is 1. The van der Waals surface area contributed by atoms with Crippen LogP contribution in [0.5, 0.6) is 0 Å². The molecule has 0 spiro atoms. The van der Waals surface area contributed by atoms with Crippen molar-refractivity contribution in [3.05, 3.63) is 59.8 Å². The first-order valence-electron chi connectivity index (χ1n) is 8.55. The summed E-state index contributed by atoms with van der Waals surface area (Å²) in [6.07, 6.45) is 0. The Morgan fingerprint density at radius 3 is 2.41 bits per heavy atom. The minimum absolute atomic E-state index is 0.0666. The molecule has 0 aliphatic rings. The van der Waals surface area contributed by atoms with Gasteiger partial charge in [-0.3, -0.25) is 9.96 Å². The average Bonchev–Trinajstić information content (AvgIpc) is 3.05. The molecule has 0 atom stereocenters. The van der Waals surface area contributed by atoms with Crippen molar-refractivity contribution in [2.24, 2.45) is 5.73 Å². The number of hydrogen-bond acceptors (Lipinski definition) is 5. The number of rotatable bonds is 4. The lowest BCUT2D eigenvalue weighted by atomic mass is 10.2. The SMILES string of the molecule is CCOC(=O)c1cc2cc(NC(=N)N)ccc2[nH]1.Cc1ccc(S(=O)(=O)O)cc1. The van der Waals surface area contributed by atoms with E-state index in [9.17, 15) is 13.2 Å². The lowest BCUT2D eigenvalue weighted by Crippen LogP contribution is -2.20. The van der Waals surface area contributed by atoms with Crippen molar-refractivity contribution in [1.29, 1.82) is 5.41 Å². The summed E-state index contributed by atoms with van der Waals surface area (Å²) >= 11 is 0. The van der Waals surface area contributed by atoms with E-state index in [1.807, 2.05) is 13.0 Å². The van der Waals surface area contributed by atoms with Crippen LogP contribution >= 0.6 is 0 Å². The summed E-state index contributed by atoms with van der Waals surface area (Å²) in [4.78, 5) is 14.5. The van der Waals surface area contributed by atoms with Gasteiger partial charge in [0, 0.05) is 16.6 Å². The molecule has 6 N–H and O–H groups in total. The van der Waals surface area contributed by atoms with Crippen LogP contribution in [0, 0.1) is 12.3 Å². The predicted molar refractivity (Wildman–Crippen MR) is 111 cm³/mol. The lowest BCUT2D eigenvalue weighted by molar-refractivity contribution is 0.0520. The monoisotopic (exact) mass is 418 g/mol. The van der Waals surface area contributed by atoms with Crippen molar-refractivity contribution in [2.45, 2.75) is 18.7 Å². The molecular formula is C19H22N4O5S. The number of aromatic nitrogens is 1. The van der Waals surface area contributed by atoms with Crippen molar-refractivity contribution in [3.8, 4) is 0 Å². The number of carbonyl (C=O) groups is 1. The van der Waals surface area contributed by atoms with E-state index in [1.165, 1.54) is 12.1 Å². The summed E-state index contributed by atoms with van der Waals surface area (Å²) in [6, 6.07) is 13.1. The number of esters is 1. The Labute approximate surface area is 168 Å². The van der Waals surface area contributed by atoms with Gasteiger partial charge in [0.15, 0.2) is 5.96 Å². The van der Waals surface area contributed by atoms with Crippen LogP contribution in [0.1, 0.15) is 23.0 Å². The summed E-state index contributed by atoms with van der Waals surface area (Å²) in [5.74, 6) is -0.509. The fourth-order valence-corrected chi connectivity index (χ4v) is 2.87. The van der Waals surface area contributed by atoms with Crippen molar-refractivity contribution < 1.29 is 22.5 Å². The summed E-state index contributed by atoms with van der Waals surface area (Å²) in [6.45, 7) is 3.94. The molecule has 2 aromatic carbocycles. The zero-order valence-corrected chi connectivity index (χ0v) is 16.7. The number of aromatic amines is 1. The fourth-order valence-electron chi connectivity index (χ4n) is 2.39. The lowest BCUT2D eigenvalue weighted by Gasteiger charge is -2.02. The van der Waals surface area contributed by atoms with Gasteiger partial charge in [0.05, 0.1) is 11.5 Å². The van der Waals surface area contributed by atoms with Gasteiger partial charge in [0.1, 0.15) is 5.69 Å². The maximum Gasteiger partial charge on any atom is 0.354 e. The van der Waals surface area contributed by atoms with Crippen LogP contribution < -0.4 is 11.1 Å². The molecule has 0 amide bonds. The number of anilines is 1. The van der Waals surface area contributed by atoms with Gasteiger partial charge < -0.3 is 20.8 Å². The van der Waals surface area contributed by atoms with Gasteiger partial charge in [0.2, 0.25) is 0 Å². The van der Waals surface area contributed by atoms with Gasteiger partial charge in [0.25, 0.3) is 10.1 Å². The molecule has 0 saturated heterocycles. The van der Waals surface area contributed by atoms with E-state index in [-0.39, 0.29) is 16.8 Å². The highest BCUT2D eigenvalue weighted by Gasteiger charge is 2.10. The molecule has 1 heterocycles. The molecule has 0 fully saturated rings. The third-order valence-corrected chi connectivity index (χ3v) is 4.58. The van der Waals surface area contributed by atoms with Crippen LogP contribution in [0.15, 0.2) is 53.4 Å². The van der Waals surface area contributed by atoms with Gasteiger partial charge >= 0.3 is 5.97 Å². The average molecular weight is 418 g/mol. The van der Waals surface area contributed by atoms with Crippen LogP contribution in [0.25, 0.3) is 10.9 Å². The maximum absolute atomic E-state index is 11.6. The molecule has 1 aromatic heterocycles. The van der Waals surface area contributed by atoms with Crippen molar-refractivity contribution in [1.82, 2.24) is 4.98 Å². The van der Waals surface area contributed by atoms with Gasteiger partial charge in [-0.25, -0.2) is 4.79 Å². The molecule has 154 valence electrons. The van der Waals surface area contributed by atoms with Crippen LogP contribution in [0.4, 0.5) is 5.69 Å². The molecule has 3 rings (SSSR count). The Hall–Kier alpha value is -3.37. The van der Waals surface area contributed by atoms with E-state index in [4.69, 9.17) is 20.4 Å². The summed E-state index contributed by atoms with van der Waals surface area (Å²) in [5, 5.41) is 10.7. The second kappa shape index (κ2) is 9.22. The minimum atomic E-state index is -4.02. The molecule has 0 saturated carbocycles. The minimum Gasteiger partial charge on any atom is -0.461 e. The molecule has 0 bridgehead atoms. The number of H-pyrrole nitrogens is 1. The predicted octanol–water partition coefficient (Wildman–Crippen LogP) is 2.89. The topological polar surface area (TPSA) is 158 Å². The largest absolute Gasteiger partial charge is 0.461 e. The second-order valence-corrected chi connectivity index (χ2v) is 7.45. The van der Waals surface area contributed by atoms with Gasteiger partial charge in [-0.15, -0.1) is 0 Å². The molecule has 29 heavy (non-hydrogen) atoms. The van der Waals surface area contributed by atoms with Crippen LogP contribution in [0.2, 0.25) is 0 Å². The van der Waals surface area contributed by atoms with Gasteiger partial charge in [-0.05, 0) is 50.2 Å². The summed E-state index contributed by atoms with van der Waals surface area (Å²) in [5.41, 5.74) is 8.14. The first kappa shape index (κ1) is 21.9. The van der Waals surface area contributed by atoms with E-state index >= 15 is 0 Å². The Balaban J connectivity index is 0.000000234. The number of nitrogens with two attached hydrogens (primary N) is 1. The first-order valence-corrected chi connectivity index (χ1v) is 9.99. The number of guanidine groups is 1. The van der Waals surface area contributed by atoms with Crippen molar-refractivity contribution in [3.63, 3.8) is 0 Å². The van der Waals surface area contributed by atoms with Crippen LogP contribution in [-0.2, 0) is 14.9 Å². The standard InChI is InChI=1S/C12H14N4O2.C7H8O3S/c1-2-18-11(17)10-6-7-5-8(15-12(13)14)3-4-9(7)16-10;1-6-2-4-7(5-3-6)11(8,9)10/h3-6,16H,2H2,1H3,(H4,13,14,15);2-5H,1H3,(H,8,9,10). The highest BCUT2D eigenvalue weighted by molar-refractivity contribution is 7.85. The Morgan fingerprint density at radius 2 is 1.86 bits per heavy atom. The summed E-state index contributed by atoms with van der Waals surface area (Å²) < 4.78 is 34.5. The van der Waals surface area contributed by atoms with Crippen molar-refractivity contribution >= 4 is 38.6 Å². The quantitative estimate of drug-likeness (QED) is 0.188. The molecule has 0 radical (unpaired) electrons. The fraction of sp³-hybridized carbons (Fsp3) is 0.158. The van der Waals surface area contributed by atoms with Crippen molar-refractivity contribution in [2.75, 3.05) is 11.9 Å². The number of hydrogen-bond donors (Lipinski definition) is 5. The molecule has 0 unspecified atom stereocenters. The number of benzene rings is 2. The van der Waals surface area contributed by atoms with E-state index in [2.05, 4.69) is 10.3 Å². The maximum atomic E-state index is 11.6. The molecule has 10 heteroatoms. The second-order valence-electron chi connectivity index (χ2n) is 6.03. The van der Waals surface area contributed by atoms with Crippen LogP contribution in [0.3, 0.4) is 0 Å². The van der Waals surface area contributed by atoms with E-state index < -0.39 is 10.1 Å². The third kappa shape index (κ3) is 6.33. The zero-order chi connectivity index (χ0) is 21.6. The third-order valence-electron chi connectivity index (χ3n) is 3.71. The highest BCUT2D eigenvalue weighted by atomic mass is 32.2. The molecule has 3 aromatic rings. The Morgan fingerprint density at radius 1 is 1.21 bits per heavy atom. The highest BCUT2D eigenvalue weighted by Crippen LogP contribution is 2.20. The number of fused-ring (bicyclic) bond motifs is 1. The van der Waals surface area contributed by atoms with E-state index in [0.717, 1.165) is 16.5 Å². The number of aryl methyl sites for hydroxylation is 1. The smallest absolute Gasteiger partial charge is 0.354 e. The molecule has 0 aliphatic heterocycles. The normalized spacial score (nSPS) is 10.7. The first-order chi connectivity index (χ1) is 13.6. The van der Waals surface area contributed by atoms with Gasteiger partial charge in [-0.1, -0.05) is 17.7 Å². The number of nitrogens with one attached hydrogen (secondary N) is 3. The Bertz CT molecular complexity index is 1120. The molecular weight excluding hydrogens is 396 g/mol.